The molecule has 1 N–H and O–H groups in total. The lowest BCUT2D eigenvalue weighted by Gasteiger charge is -2.18. The Balaban J connectivity index is 1.71. The Kier molecular flexibility index (Phi) is 4.73. The quantitative estimate of drug-likeness (QED) is 0.910. The molecule has 0 aromatic carbocycles. The normalized spacial score (nSPS) is 16.3. The van der Waals surface area contributed by atoms with Gasteiger partial charge in [0.25, 0.3) is 5.91 Å². The molecule has 1 aliphatic rings. The minimum atomic E-state index is -0.207. The number of ether oxygens (including phenoxy) is 1. The van der Waals surface area contributed by atoms with Crippen molar-refractivity contribution in [2.24, 2.45) is 0 Å². The second-order valence-corrected chi connectivity index (χ2v) is 7.88. The minimum Gasteiger partial charge on any atom is -0.465 e. The maximum absolute atomic E-state index is 12.5. The molecule has 0 unspecified atom stereocenters. The second-order valence-electron chi connectivity index (χ2n) is 7.13. The maximum atomic E-state index is 12.5. The number of amides is 1. The maximum Gasteiger partial charge on any atom is 0.261 e. The van der Waals surface area contributed by atoms with Crippen LogP contribution in [0.2, 0.25) is 0 Å². The molecule has 0 radical (unpaired) electrons. The van der Waals surface area contributed by atoms with Crippen LogP contribution >= 0.6 is 11.5 Å². The van der Waals surface area contributed by atoms with Crippen LogP contribution in [0.25, 0.3) is 0 Å². The van der Waals surface area contributed by atoms with Crippen LogP contribution in [0.3, 0.4) is 0 Å². The van der Waals surface area contributed by atoms with Crippen LogP contribution in [-0.4, -0.2) is 28.5 Å². The van der Waals surface area contributed by atoms with Gasteiger partial charge in [-0.15, -0.1) is 0 Å². The minimum absolute atomic E-state index is 0.137. The smallest absolute Gasteiger partial charge is 0.261 e. The van der Waals surface area contributed by atoms with Crippen molar-refractivity contribution in [3.63, 3.8) is 0 Å². The van der Waals surface area contributed by atoms with Crippen LogP contribution in [0.1, 0.15) is 67.2 Å². The molecule has 6 nitrogen and oxygen atoms in total. The molecule has 0 bridgehead atoms. The van der Waals surface area contributed by atoms with Crippen molar-refractivity contribution in [2.45, 2.75) is 51.9 Å². The van der Waals surface area contributed by atoms with E-state index in [1.807, 2.05) is 6.07 Å². The molecule has 0 spiro atoms. The molecular weight excluding hydrogens is 326 g/mol. The van der Waals surface area contributed by atoms with Gasteiger partial charge in [-0.2, -0.15) is 4.37 Å². The van der Waals surface area contributed by atoms with Gasteiger partial charge in [-0.1, -0.05) is 20.8 Å². The highest BCUT2D eigenvalue weighted by Crippen LogP contribution is 2.29. The lowest BCUT2D eigenvalue weighted by molar-refractivity contribution is 0.0838. The zero-order valence-corrected chi connectivity index (χ0v) is 15.3. The standard InChI is InChI=1S/C17H23N3O3S/c1-10-12(9-13(23-10)17(2,3)4)15(21)19-16-18-14(20-24-16)11-5-7-22-8-6-11/h9,11H,5-8H2,1-4H3,(H,18,19,20,21). The van der Waals surface area contributed by atoms with Crippen LogP contribution in [0, 0.1) is 6.92 Å². The van der Waals surface area contributed by atoms with Crippen molar-refractivity contribution in [1.29, 1.82) is 0 Å². The first-order chi connectivity index (χ1) is 11.3. The number of carbonyl (C=O) groups is 1. The van der Waals surface area contributed by atoms with Crippen LogP contribution in [-0.2, 0) is 10.2 Å². The lowest BCUT2D eigenvalue weighted by Crippen LogP contribution is -2.15. The molecule has 0 atom stereocenters. The Labute approximate surface area is 145 Å². The average Bonchev–Trinajstić information content (AvgIpc) is 3.14. The van der Waals surface area contributed by atoms with Gasteiger partial charge in [0.15, 0.2) is 0 Å². The zero-order chi connectivity index (χ0) is 17.3. The highest BCUT2D eigenvalue weighted by atomic mass is 32.1. The summed E-state index contributed by atoms with van der Waals surface area (Å²) in [6, 6.07) is 1.81. The SMILES string of the molecule is Cc1oc(C(C)(C)C)cc1C(=O)Nc1nc(C2CCOCC2)ns1. The third-order valence-corrected chi connectivity index (χ3v) is 4.79. The number of aryl methyl sites for hydroxylation is 1. The van der Waals surface area contributed by atoms with Gasteiger partial charge in [0.05, 0.1) is 5.56 Å². The molecule has 1 amide bonds. The summed E-state index contributed by atoms with van der Waals surface area (Å²) in [7, 11) is 0. The summed E-state index contributed by atoms with van der Waals surface area (Å²) in [5.74, 6) is 2.33. The van der Waals surface area contributed by atoms with E-state index in [-0.39, 0.29) is 11.3 Å². The number of rotatable bonds is 3. The van der Waals surface area contributed by atoms with E-state index in [9.17, 15) is 4.79 Å². The Morgan fingerprint density at radius 1 is 1.33 bits per heavy atom. The molecule has 0 aliphatic carbocycles. The van der Waals surface area contributed by atoms with Gasteiger partial charge < -0.3 is 9.15 Å². The fourth-order valence-corrected chi connectivity index (χ4v) is 3.29. The van der Waals surface area contributed by atoms with Crippen LogP contribution in [0.5, 0.6) is 0 Å². The van der Waals surface area contributed by atoms with Crippen LogP contribution in [0.4, 0.5) is 5.13 Å². The average molecular weight is 349 g/mol. The molecule has 1 aliphatic heterocycles. The summed E-state index contributed by atoms with van der Waals surface area (Å²) in [6.07, 6.45) is 1.86. The van der Waals surface area contributed by atoms with Gasteiger partial charge in [0.2, 0.25) is 5.13 Å². The second kappa shape index (κ2) is 6.64. The largest absolute Gasteiger partial charge is 0.465 e. The van der Waals surface area contributed by atoms with Crippen LogP contribution in [0.15, 0.2) is 10.5 Å². The van der Waals surface area contributed by atoms with E-state index in [4.69, 9.17) is 9.15 Å². The van der Waals surface area contributed by atoms with Gasteiger partial charge in [0.1, 0.15) is 17.3 Å². The number of anilines is 1. The van der Waals surface area contributed by atoms with E-state index < -0.39 is 0 Å². The fraction of sp³-hybridized carbons (Fsp3) is 0.588. The summed E-state index contributed by atoms with van der Waals surface area (Å²) in [4.78, 5) is 17.0. The molecule has 130 valence electrons. The number of nitrogens with zero attached hydrogens (tertiary/aromatic N) is 2. The van der Waals surface area contributed by atoms with Crippen molar-refractivity contribution in [1.82, 2.24) is 9.36 Å². The van der Waals surface area contributed by atoms with Crippen molar-refractivity contribution < 1.29 is 13.9 Å². The topological polar surface area (TPSA) is 77.2 Å². The molecule has 1 saturated heterocycles. The van der Waals surface area contributed by atoms with E-state index in [1.54, 1.807) is 6.92 Å². The molecule has 0 saturated carbocycles. The summed E-state index contributed by atoms with van der Waals surface area (Å²) >= 11 is 1.22. The molecule has 2 aromatic heterocycles. The van der Waals surface area contributed by atoms with E-state index in [0.717, 1.165) is 37.6 Å². The van der Waals surface area contributed by atoms with Crippen molar-refractivity contribution in [3.05, 3.63) is 29.0 Å². The molecule has 2 aromatic rings. The van der Waals surface area contributed by atoms with Crippen molar-refractivity contribution in [3.8, 4) is 0 Å². The van der Waals surface area contributed by atoms with E-state index >= 15 is 0 Å². The number of hydrogen-bond acceptors (Lipinski definition) is 6. The van der Waals surface area contributed by atoms with Gasteiger partial charge in [0, 0.05) is 36.1 Å². The predicted octanol–water partition coefficient (Wildman–Crippen LogP) is 3.88. The van der Waals surface area contributed by atoms with E-state index in [2.05, 4.69) is 35.4 Å². The summed E-state index contributed by atoms with van der Waals surface area (Å²) in [5, 5.41) is 3.37. The highest BCUT2D eigenvalue weighted by Gasteiger charge is 2.24. The first-order valence-electron chi connectivity index (χ1n) is 8.18. The fourth-order valence-electron chi connectivity index (χ4n) is 2.65. The van der Waals surface area contributed by atoms with Gasteiger partial charge in [-0.3, -0.25) is 10.1 Å². The summed E-state index contributed by atoms with van der Waals surface area (Å²) < 4.78 is 15.5. The third kappa shape index (κ3) is 3.67. The Morgan fingerprint density at radius 3 is 2.67 bits per heavy atom. The summed E-state index contributed by atoms with van der Waals surface area (Å²) in [5.41, 5.74) is 0.408. The molecule has 1 fully saturated rings. The molecule has 24 heavy (non-hydrogen) atoms. The highest BCUT2D eigenvalue weighted by molar-refractivity contribution is 7.09. The number of aromatic nitrogens is 2. The first kappa shape index (κ1) is 17.1. The number of carbonyl (C=O) groups excluding carboxylic acids is 1. The number of nitrogens with one attached hydrogen (secondary N) is 1. The zero-order valence-electron chi connectivity index (χ0n) is 14.5. The molecule has 7 heteroatoms. The van der Waals surface area contributed by atoms with Gasteiger partial charge >= 0.3 is 0 Å². The lowest BCUT2D eigenvalue weighted by atomic mass is 9.93. The van der Waals surface area contributed by atoms with E-state index in [0.29, 0.717) is 22.4 Å². The number of furan rings is 1. The molecule has 3 rings (SSSR count). The molecular formula is C17H23N3O3S. The Hall–Kier alpha value is -1.73. The van der Waals surface area contributed by atoms with Crippen LogP contribution < -0.4 is 5.32 Å². The predicted molar refractivity (Wildman–Crippen MR) is 92.8 cm³/mol. The summed E-state index contributed by atoms with van der Waals surface area (Å²) in [6.45, 7) is 9.45. The van der Waals surface area contributed by atoms with E-state index in [1.165, 1.54) is 11.5 Å². The first-order valence-corrected chi connectivity index (χ1v) is 8.95. The molecule has 3 heterocycles. The van der Waals surface area contributed by atoms with Crippen molar-refractivity contribution in [2.75, 3.05) is 18.5 Å². The third-order valence-electron chi connectivity index (χ3n) is 4.15. The Bertz CT molecular complexity index is 724. The monoisotopic (exact) mass is 349 g/mol. The van der Waals surface area contributed by atoms with Gasteiger partial charge in [-0.05, 0) is 25.8 Å². The number of hydrogen-bond donors (Lipinski definition) is 1. The Morgan fingerprint density at radius 2 is 2.04 bits per heavy atom. The van der Waals surface area contributed by atoms with Crippen molar-refractivity contribution >= 4 is 22.6 Å². The van der Waals surface area contributed by atoms with Gasteiger partial charge in [-0.25, -0.2) is 4.98 Å².